The summed E-state index contributed by atoms with van der Waals surface area (Å²) in [5.74, 6) is -0.0279. The summed E-state index contributed by atoms with van der Waals surface area (Å²) in [7, 11) is 0. The Labute approximate surface area is 167 Å². The third kappa shape index (κ3) is 5.22. The number of amides is 1. The van der Waals surface area contributed by atoms with Gasteiger partial charge in [0.2, 0.25) is 5.91 Å². The predicted octanol–water partition coefficient (Wildman–Crippen LogP) is 1.99. The van der Waals surface area contributed by atoms with Gasteiger partial charge in [-0.15, -0.1) is 24.8 Å². The Balaban J connectivity index is 0.00000169. The standard InChI is InChI=1S/C18H27FN4O.2ClH/c1-18(13-20)6-7-21(14-18)12-17(24)23-10-8-22(9-11-23)16-5-3-2-4-15(16)19;;/h2-5H,6-14,20H2,1H3;2*1H. The lowest BCUT2D eigenvalue weighted by atomic mass is 9.90. The van der Waals surface area contributed by atoms with Crippen LogP contribution in [-0.2, 0) is 4.79 Å². The van der Waals surface area contributed by atoms with Crippen molar-refractivity contribution in [1.82, 2.24) is 9.80 Å². The second kappa shape index (κ2) is 9.74. The zero-order valence-corrected chi connectivity index (χ0v) is 16.8. The van der Waals surface area contributed by atoms with Crippen molar-refractivity contribution >= 4 is 36.4 Å². The van der Waals surface area contributed by atoms with Gasteiger partial charge in [0.05, 0.1) is 12.2 Å². The molecule has 1 amide bonds. The highest BCUT2D eigenvalue weighted by Crippen LogP contribution is 2.28. The van der Waals surface area contributed by atoms with Crippen molar-refractivity contribution in [3.05, 3.63) is 30.1 Å². The number of anilines is 1. The quantitative estimate of drug-likeness (QED) is 0.830. The van der Waals surface area contributed by atoms with Crippen molar-refractivity contribution in [1.29, 1.82) is 0 Å². The van der Waals surface area contributed by atoms with E-state index >= 15 is 0 Å². The Morgan fingerprint density at radius 1 is 1.15 bits per heavy atom. The first-order valence-corrected chi connectivity index (χ1v) is 8.70. The Morgan fingerprint density at radius 3 is 2.38 bits per heavy atom. The number of carbonyl (C=O) groups is 1. The second-order valence-electron chi connectivity index (χ2n) is 7.29. The smallest absolute Gasteiger partial charge is 0.236 e. The van der Waals surface area contributed by atoms with Crippen LogP contribution >= 0.6 is 24.8 Å². The maximum absolute atomic E-state index is 13.9. The summed E-state index contributed by atoms with van der Waals surface area (Å²) in [6, 6.07) is 6.82. The molecule has 5 nitrogen and oxygen atoms in total. The number of nitrogens with two attached hydrogens (primary N) is 1. The normalized spacial score (nSPS) is 23.3. The van der Waals surface area contributed by atoms with Crippen LogP contribution in [0.25, 0.3) is 0 Å². The number of likely N-dealkylation sites (tertiary alicyclic amines) is 1. The van der Waals surface area contributed by atoms with Gasteiger partial charge in [0.25, 0.3) is 0 Å². The van der Waals surface area contributed by atoms with E-state index in [1.54, 1.807) is 12.1 Å². The number of hydrogen-bond donors (Lipinski definition) is 1. The second-order valence-corrected chi connectivity index (χ2v) is 7.29. The van der Waals surface area contributed by atoms with Crippen LogP contribution in [0, 0.1) is 11.2 Å². The molecule has 1 aromatic carbocycles. The molecule has 8 heteroatoms. The molecule has 2 fully saturated rings. The van der Waals surface area contributed by atoms with Crippen LogP contribution in [0.2, 0.25) is 0 Å². The van der Waals surface area contributed by atoms with Crippen molar-refractivity contribution in [2.24, 2.45) is 11.1 Å². The van der Waals surface area contributed by atoms with Crippen molar-refractivity contribution in [3.63, 3.8) is 0 Å². The first kappa shape index (κ1) is 23.0. The molecule has 26 heavy (non-hydrogen) atoms. The van der Waals surface area contributed by atoms with Gasteiger partial charge >= 0.3 is 0 Å². The van der Waals surface area contributed by atoms with E-state index < -0.39 is 0 Å². The van der Waals surface area contributed by atoms with Gasteiger partial charge in [-0.3, -0.25) is 9.69 Å². The fourth-order valence-electron chi connectivity index (χ4n) is 3.62. The molecule has 0 aliphatic carbocycles. The summed E-state index contributed by atoms with van der Waals surface area (Å²) < 4.78 is 13.9. The van der Waals surface area contributed by atoms with Crippen molar-refractivity contribution < 1.29 is 9.18 Å². The third-order valence-corrected chi connectivity index (χ3v) is 5.31. The van der Waals surface area contributed by atoms with E-state index in [9.17, 15) is 9.18 Å². The Bertz CT molecular complexity index is 598. The molecule has 2 saturated heterocycles. The van der Waals surface area contributed by atoms with Crippen LogP contribution in [0.15, 0.2) is 24.3 Å². The van der Waals surface area contributed by atoms with Gasteiger partial charge in [-0.1, -0.05) is 19.1 Å². The topological polar surface area (TPSA) is 52.8 Å². The predicted molar refractivity (Wildman–Crippen MR) is 108 cm³/mol. The minimum atomic E-state index is -0.199. The van der Waals surface area contributed by atoms with E-state index in [0.29, 0.717) is 45.0 Å². The van der Waals surface area contributed by atoms with E-state index in [4.69, 9.17) is 5.73 Å². The molecule has 2 aliphatic rings. The van der Waals surface area contributed by atoms with Gasteiger partial charge < -0.3 is 15.5 Å². The molecular formula is C18H29Cl2FN4O. The largest absolute Gasteiger partial charge is 0.366 e. The summed E-state index contributed by atoms with van der Waals surface area (Å²) in [6.45, 7) is 7.79. The lowest BCUT2D eigenvalue weighted by molar-refractivity contribution is -0.132. The van der Waals surface area contributed by atoms with Crippen molar-refractivity contribution in [2.75, 3.05) is 57.3 Å². The minimum absolute atomic E-state index is 0. The molecule has 0 radical (unpaired) electrons. The van der Waals surface area contributed by atoms with Gasteiger partial charge in [-0.05, 0) is 37.1 Å². The highest BCUT2D eigenvalue weighted by atomic mass is 35.5. The average molecular weight is 407 g/mol. The molecule has 1 aromatic rings. The Hall–Kier alpha value is -1.08. The lowest BCUT2D eigenvalue weighted by Gasteiger charge is -2.37. The summed E-state index contributed by atoms with van der Waals surface area (Å²) in [5.41, 5.74) is 6.60. The molecule has 0 aromatic heterocycles. The van der Waals surface area contributed by atoms with Crippen LogP contribution in [0.4, 0.5) is 10.1 Å². The fourth-order valence-corrected chi connectivity index (χ4v) is 3.62. The summed E-state index contributed by atoms with van der Waals surface area (Å²) in [6.07, 6.45) is 1.05. The van der Waals surface area contributed by atoms with E-state index in [2.05, 4.69) is 11.8 Å². The third-order valence-electron chi connectivity index (χ3n) is 5.31. The number of benzene rings is 1. The van der Waals surface area contributed by atoms with Crippen LogP contribution in [0.1, 0.15) is 13.3 Å². The molecule has 0 bridgehead atoms. The number of nitrogens with zero attached hydrogens (tertiary/aromatic N) is 3. The fraction of sp³-hybridized carbons (Fsp3) is 0.611. The van der Waals surface area contributed by atoms with Crippen LogP contribution in [0.3, 0.4) is 0 Å². The highest BCUT2D eigenvalue weighted by molar-refractivity contribution is 5.85. The first-order chi connectivity index (χ1) is 11.5. The van der Waals surface area contributed by atoms with E-state index in [1.807, 2.05) is 15.9 Å². The molecule has 0 spiro atoms. The van der Waals surface area contributed by atoms with Gasteiger partial charge in [0.15, 0.2) is 0 Å². The van der Waals surface area contributed by atoms with Gasteiger partial charge in [-0.2, -0.15) is 0 Å². The van der Waals surface area contributed by atoms with Gasteiger partial charge in [0.1, 0.15) is 5.82 Å². The molecule has 1 unspecified atom stereocenters. The van der Waals surface area contributed by atoms with E-state index in [0.717, 1.165) is 19.5 Å². The lowest BCUT2D eigenvalue weighted by Crippen LogP contribution is -2.51. The summed E-state index contributed by atoms with van der Waals surface area (Å²) in [4.78, 5) is 18.6. The first-order valence-electron chi connectivity index (χ1n) is 8.70. The molecule has 2 N–H and O–H groups in total. The number of rotatable bonds is 4. The Kier molecular flexibility index (Phi) is 8.60. The van der Waals surface area contributed by atoms with Crippen LogP contribution in [-0.4, -0.2) is 68.1 Å². The molecular weight excluding hydrogens is 378 g/mol. The number of halogens is 3. The molecule has 1 atom stereocenters. The molecule has 2 heterocycles. The number of hydrogen-bond acceptors (Lipinski definition) is 4. The van der Waals surface area contributed by atoms with E-state index in [1.165, 1.54) is 6.07 Å². The SMILES string of the molecule is CC1(CN)CCN(CC(=O)N2CCN(c3ccccc3F)CC2)C1.Cl.Cl. The molecule has 3 rings (SSSR count). The van der Waals surface area contributed by atoms with Crippen molar-refractivity contribution in [2.45, 2.75) is 13.3 Å². The Morgan fingerprint density at radius 2 is 1.81 bits per heavy atom. The minimum Gasteiger partial charge on any atom is -0.366 e. The summed E-state index contributed by atoms with van der Waals surface area (Å²) in [5, 5.41) is 0. The van der Waals surface area contributed by atoms with Gasteiger partial charge in [-0.25, -0.2) is 4.39 Å². The zero-order chi connectivity index (χ0) is 17.2. The molecule has 148 valence electrons. The summed E-state index contributed by atoms with van der Waals surface area (Å²) >= 11 is 0. The zero-order valence-electron chi connectivity index (χ0n) is 15.2. The monoisotopic (exact) mass is 406 g/mol. The van der Waals surface area contributed by atoms with Crippen LogP contribution < -0.4 is 10.6 Å². The number of para-hydroxylation sites is 1. The molecule has 2 aliphatic heterocycles. The number of carbonyl (C=O) groups excluding carboxylic acids is 1. The molecule has 0 saturated carbocycles. The van der Waals surface area contributed by atoms with E-state index in [-0.39, 0.29) is 42.0 Å². The van der Waals surface area contributed by atoms with Gasteiger partial charge in [0, 0.05) is 32.7 Å². The van der Waals surface area contributed by atoms with Crippen LogP contribution in [0.5, 0.6) is 0 Å². The number of piperazine rings is 1. The maximum atomic E-state index is 13.9. The average Bonchev–Trinajstić information content (AvgIpc) is 2.97. The highest BCUT2D eigenvalue weighted by Gasteiger charge is 2.34. The van der Waals surface area contributed by atoms with Crippen molar-refractivity contribution in [3.8, 4) is 0 Å². The maximum Gasteiger partial charge on any atom is 0.236 e.